The number of imidazole rings is 1. The molecule has 1 saturated heterocycles. The summed E-state index contributed by atoms with van der Waals surface area (Å²) in [6, 6.07) is 16.7. The number of piperidine rings is 1. The van der Waals surface area contributed by atoms with Crippen molar-refractivity contribution in [3.05, 3.63) is 58.8 Å². The van der Waals surface area contributed by atoms with Crippen molar-refractivity contribution in [2.45, 2.75) is 58.9 Å². The summed E-state index contributed by atoms with van der Waals surface area (Å²) in [5.41, 5.74) is 3.24. The molecule has 1 fully saturated rings. The number of carbonyl (C=O) groups excluding carboxylic acids is 1. The molecule has 3 aromatic rings. The highest BCUT2D eigenvalue weighted by atomic mass is 79.9. The first kappa shape index (κ1) is 24.9. The summed E-state index contributed by atoms with van der Waals surface area (Å²) in [7, 11) is 0. The standard InChI is InChI=1S/C28H37BrN4O/c1-3-5-18-32(19-6-4-2)28(34)22-10-9-17-31(20-22)21-27-30-25-11-7-8-12-26(25)33(27)24-15-13-23(29)14-16-24/h7-8,11-16,22H,3-6,9-10,17-21H2,1-2H3/t22-/m0/s1. The Morgan fingerprint density at radius 3 is 2.47 bits per heavy atom. The molecule has 182 valence electrons. The van der Waals surface area contributed by atoms with Gasteiger partial charge < -0.3 is 4.90 Å². The number of carbonyl (C=O) groups is 1. The quantitative estimate of drug-likeness (QED) is 0.306. The maximum absolute atomic E-state index is 13.4. The Bertz CT molecular complexity index is 1070. The second-order valence-electron chi connectivity index (χ2n) is 9.44. The highest BCUT2D eigenvalue weighted by molar-refractivity contribution is 9.10. The lowest BCUT2D eigenvalue weighted by Crippen LogP contribution is -2.45. The van der Waals surface area contributed by atoms with Gasteiger partial charge in [0.15, 0.2) is 0 Å². The van der Waals surface area contributed by atoms with Gasteiger partial charge in [0.05, 0.1) is 23.5 Å². The summed E-state index contributed by atoms with van der Waals surface area (Å²) in [5.74, 6) is 1.48. The molecule has 1 amide bonds. The monoisotopic (exact) mass is 524 g/mol. The first-order valence-electron chi connectivity index (χ1n) is 12.8. The fourth-order valence-corrected chi connectivity index (χ4v) is 5.21. The number of rotatable bonds is 10. The molecule has 1 atom stereocenters. The molecular weight excluding hydrogens is 488 g/mol. The fraction of sp³-hybridized carbons (Fsp3) is 0.500. The van der Waals surface area contributed by atoms with Crippen LogP contribution in [0.3, 0.4) is 0 Å². The number of fused-ring (bicyclic) bond motifs is 1. The molecule has 1 aliphatic rings. The van der Waals surface area contributed by atoms with Crippen LogP contribution < -0.4 is 0 Å². The third kappa shape index (κ3) is 5.89. The van der Waals surface area contributed by atoms with E-state index in [2.05, 4.69) is 86.6 Å². The average molecular weight is 526 g/mol. The lowest BCUT2D eigenvalue weighted by atomic mass is 9.96. The Labute approximate surface area is 212 Å². The first-order chi connectivity index (χ1) is 16.6. The molecule has 0 bridgehead atoms. The van der Waals surface area contributed by atoms with Gasteiger partial charge in [-0.2, -0.15) is 0 Å². The third-order valence-electron chi connectivity index (χ3n) is 6.81. The van der Waals surface area contributed by atoms with E-state index < -0.39 is 0 Å². The van der Waals surface area contributed by atoms with Crippen LogP contribution in [0.1, 0.15) is 58.2 Å². The van der Waals surface area contributed by atoms with Crippen LogP contribution in [-0.2, 0) is 11.3 Å². The number of halogens is 1. The van der Waals surface area contributed by atoms with Crippen LogP contribution in [0, 0.1) is 5.92 Å². The number of benzene rings is 2. The Kier molecular flexibility index (Phi) is 8.79. The van der Waals surface area contributed by atoms with Crippen molar-refractivity contribution in [3.8, 4) is 5.69 Å². The maximum atomic E-state index is 13.4. The first-order valence-corrected chi connectivity index (χ1v) is 13.6. The van der Waals surface area contributed by atoms with Crippen LogP contribution in [0.25, 0.3) is 16.7 Å². The second-order valence-corrected chi connectivity index (χ2v) is 10.4. The van der Waals surface area contributed by atoms with E-state index in [4.69, 9.17) is 4.98 Å². The predicted octanol–water partition coefficient (Wildman–Crippen LogP) is 6.43. The van der Waals surface area contributed by atoms with Gasteiger partial charge >= 0.3 is 0 Å². The van der Waals surface area contributed by atoms with Crippen LogP contribution in [0.2, 0.25) is 0 Å². The van der Waals surface area contributed by atoms with Crippen molar-refractivity contribution in [1.29, 1.82) is 0 Å². The second kappa shape index (κ2) is 12.0. The Morgan fingerprint density at radius 2 is 1.76 bits per heavy atom. The molecule has 1 aromatic heterocycles. The van der Waals surface area contributed by atoms with Crippen molar-refractivity contribution in [1.82, 2.24) is 19.4 Å². The van der Waals surface area contributed by atoms with Gasteiger partial charge in [0.1, 0.15) is 5.82 Å². The summed E-state index contributed by atoms with van der Waals surface area (Å²) < 4.78 is 3.33. The van der Waals surface area contributed by atoms with Crippen LogP contribution in [0.5, 0.6) is 0 Å². The minimum absolute atomic E-state index is 0.0907. The zero-order chi connectivity index (χ0) is 23.9. The Hall–Kier alpha value is -2.18. The molecule has 0 spiro atoms. The fourth-order valence-electron chi connectivity index (χ4n) is 4.95. The average Bonchev–Trinajstić information content (AvgIpc) is 3.22. The van der Waals surface area contributed by atoms with Gasteiger partial charge in [-0.25, -0.2) is 4.98 Å². The number of nitrogens with zero attached hydrogens (tertiary/aromatic N) is 4. The zero-order valence-electron chi connectivity index (χ0n) is 20.5. The van der Waals surface area contributed by atoms with Crippen LogP contribution in [0.4, 0.5) is 0 Å². The smallest absolute Gasteiger partial charge is 0.226 e. The zero-order valence-corrected chi connectivity index (χ0v) is 22.1. The lowest BCUT2D eigenvalue weighted by molar-refractivity contribution is -0.137. The minimum Gasteiger partial charge on any atom is -0.342 e. The lowest BCUT2D eigenvalue weighted by Gasteiger charge is -2.35. The molecule has 34 heavy (non-hydrogen) atoms. The number of para-hydroxylation sites is 2. The molecule has 0 radical (unpaired) electrons. The summed E-state index contributed by atoms with van der Waals surface area (Å²) in [4.78, 5) is 23.0. The summed E-state index contributed by atoms with van der Waals surface area (Å²) >= 11 is 3.55. The van der Waals surface area contributed by atoms with Crippen molar-refractivity contribution in [3.63, 3.8) is 0 Å². The molecule has 5 nitrogen and oxygen atoms in total. The number of likely N-dealkylation sites (tertiary alicyclic amines) is 1. The Morgan fingerprint density at radius 1 is 1.06 bits per heavy atom. The van der Waals surface area contributed by atoms with Gasteiger partial charge in [0.2, 0.25) is 5.91 Å². The number of hydrogen-bond acceptors (Lipinski definition) is 3. The minimum atomic E-state index is 0.0907. The van der Waals surface area contributed by atoms with Gasteiger partial charge in [0.25, 0.3) is 0 Å². The normalized spacial score (nSPS) is 16.7. The summed E-state index contributed by atoms with van der Waals surface area (Å²) in [6.07, 6.45) is 6.47. The van der Waals surface area contributed by atoms with E-state index in [1.165, 1.54) is 0 Å². The van der Waals surface area contributed by atoms with Gasteiger partial charge in [0, 0.05) is 29.8 Å². The van der Waals surface area contributed by atoms with Crippen molar-refractivity contribution < 1.29 is 4.79 Å². The van der Waals surface area contributed by atoms with Gasteiger partial charge in [-0.15, -0.1) is 0 Å². The molecular formula is C28H37BrN4O. The molecule has 1 aliphatic heterocycles. The molecule has 2 aromatic carbocycles. The number of amides is 1. The topological polar surface area (TPSA) is 41.4 Å². The molecule has 4 rings (SSSR count). The maximum Gasteiger partial charge on any atom is 0.226 e. The molecule has 0 unspecified atom stereocenters. The van der Waals surface area contributed by atoms with Gasteiger partial charge in [-0.1, -0.05) is 54.8 Å². The SMILES string of the molecule is CCCCN(CCCC)C(=O)[C@H]1CCCN(Cc2nc3ccccc3n2-c2ccc(Br)cc2)C1. The number of aromatic nitrogens is 2. The third-order valence-corrected chi connectivity index (χ3v) is 7.34. The molecule has 6 heteroatoms. The van der Waals surface area contributed by atoms with Crippen LogP contribution in [-0.4, -0.2) is 51.4 Å². The van der Waals surface area contributed by atoms with E-state index in [9.17, 15) is 4.79 Å². The molecule has 0 aliphatic carbocycles. The van der Waals surface area contributed by atoms with Gasteiger partial charge in [-0.3, -0.25) is 14.3 Å². The largest absolute Gasteiger partial charge is 0.342 e. The van der Waals surface area contributed by atoms with Crippen molar-refractivity contribution in [2.24, 2.45) is 5.92 Å². The summed E-state index contributed by atoms with van der Waals surface area (Å²) in [6.45, 7) is 8.76. The van der Waals surface area contributed by atoms with E-state index in [0.29, 0.717) is 5.91 Å². The Balaban J connectivity index is 1.53. The molecule has 2 heterocycles. The van der Waals surface area contributed by atoms with Gasteiger partial charge in [-0.05, 0) is 68.6 Å². The molecule has 0 N–H and O–H groups in total. The number of unbranched alkanes of at least 4 members (excludes halogenated alkanes) is 2. The summed E-state index contributed by atoms with van der Waals surface area (Å²) in [5, 5.41) is 0. The highest BCUT2D eigenvalue weighted by Gasteiger charge is 2.30. The molecule has 0 saturated carbocycles. The van der Waals surface area contributed by atoms with Crippen LogP contribution in [0.15, 0.2) is 53.0 Å². The van der Waals surface area contributed by atoms with Crippen molar-refractivity contribution in [2.75, 3.05) is 26.2 Å². The highest BCUT2D eigenvalue weighted by Crippen LogP contribution is 2.26. The van der Waals surface area contributed by atoms with Crippen LogP contribution >= 0.6 is 15.9 Å². The van der Waals surface area contributed by atoms with E-state index in [0.717, 1.165) is 98.3 Å². The van der Waals surface area contributed by atoms with E-state index in [-0.39, 0.29) is 5.92 Å². The van der Waals surface area contributed by atoms with E-state index >= 15 is 0 Å². The number of hydrogen-bond donors (Lipinski definition) is 0. The van der Waals surface area contributed by atoms with E-state index in [1.54, 1.807) is 0 Å². The van der Waals surface area contributed by atoms with Crippen molar-refractivity contribution >= 4 is 32.9 Å². The van der Waals surface area contributed by atoms with E-state index in [1.807, 2.05) is 6.07 Å². The predicted molar refractivity (Wildman–Crippen MR) is 143 cm³/mol.